The van der Waals surface area contributed by atoms with Crippen LogP contribution in [0.3, 0.4) is 0 Å². The molecule has 3 rings (SSSR count). The molecule has 1 aliphatic rings. The first-order valence-electron chi connectivity index (χ1n) is 8.41. The molecule has 2 aromatic rings. The Balaban J connectivity index is 1.89. The van der Waals surface area contributed by atoms with E-state index in [4.69, 9.17) is 0 Å². The molecule has 0 aromatic heterocycles. The van der Waals surface area contributed by atoms with Crippen LogP contribution in [0, 0.1) is 0 Å². The van der Waals surface area contributed by atoms with Gasteiger partial charge in [0.05, 0.1) is 0 Å². The SMILES string of the molecule is O=C(N1CC[C@H](c2ccccc2)C[C@@H](c2ccccc2)C1)C(F)(F)F. The number of halogens is 3. The molecule has 1 fully saturated rings. The summed E-state index contributed by atoms with van der Waals surface area (Å²) < 4.78 is 38.8. The van der Waals surface area contributed by atoms with Crippen LogP contribution in [0.1, 0.15) is 35.8 Å². The molecule has 132 valence electrons. The Bertz CT molecular complexity index is 700. The van der Waals surface area contributed by atoms with E-state index in [2.05, 4.69) is 0 Å². The molecule has 1 saturated heterocycles. The van der Waals surface area contributed by atoms with Gasteiger partial charge in [-0.3, -0.25) is 4.79 Å². The monoisotopic (exact) mass is 347 g/mol. The van der Waals surface area contributed by atoms with E-state index < -0.39 is 12.1 Å². The zero-order chi connectivity index (χ0) is 17.9. The first kappa shape index (κ1) is 17.5. The normalized spacial score (nSPS) is 21.6. The second kappa shape index (κ2) is 7.30. The van der Waals surface area contributed by atoms with Crippen molar-refractivity contribution in [3.8, 4) is 0 Å². The fourth-order valence-electron chi connectivity index (χ4n) is 3.56. The van der Waals surface area contributed by atoms with E-state index >= 15 is 0 Å². The van der Waals surface area contributed by atoms with Gasteiger partial charge in [0.25, 0.3) is 0 Å². The summed E-state index contributed by atoms with van der Waals surface area (Å²) in [7, 11) is 0. The Hall–Kier alpha value is -2.30. The Labute approximate surface area is 145 Å². The lowest BCUT2D eigenvalue weighted by molar-refractivity contribution is -0.185. The summed E-state index contributed by atoms with van der Waals surface area (Å²) in [4.78, 5) is 12.8. The maximum absolute atomic E-state index is 12.9. The van der Waals surface area contributed by atoms with Crippen molar-refractivity contribution in [2.24, 2.45) is 0 Å². The fourth-order valence-corrected chi connectivity index (χ4v) is 3.56. The lowest BCUT2D eigenvalue weighted by atomic mass is 9.84. The predicted octanol–water partition coefficient (Wildman–Crippen LogP) is 4.74. The molecule has 5 heteroatoms. The van der Waals surface area contributed by atoms with E-state index in [1.54, 1.807) is 0 Å². The van der Waals surface area contributed by atoms with Crippen LogP contribution in [0.4, 0.5) is 13.2 Å². The summed E-state index contributed by atoms with van der Waals surface area (Å²) in [5, 5.41) is 0. The highest BCUT2D eigenvalue weighted by Gasteiger charge is 2.44. The van der Waals surface area contributed by atoms with Gasteiger partial charge in [-0.05, 0) is 29.9 Å². The number of hydrogen-bond donors (Lipinski definition) is 0. The molecule has 0 spiro atoms. The smallest absolute Gasteiger partial charge is 0.334 e. The van der Waals surface area contributed by atoms with Crippen LogP contribution in [0.5, 0.6) is 0 Å². The summed E-state index contributed by atoms with van der Waals surface area (Å²) >= 11 is 0. The number of carbonyl (C=O) groups excluding carboxylic acids is 1. The van der Waals surface area contributed by atoms with Crippen LogP contribution in [0.15, 0.2) is 60.7 Å². The zero-order valence-corrected chi connectivity index (χ0v) is 13.7. The van der Waals surface area contributed by atoms with Gasteiger partial charge < -0.3 is 4.90 Å². The van der Waals surface area contributed by atoms with E-state index in [1.807, 2.05) is 60.7 Å². The largest absolute Gasteiger partial charge is 0.471 e. The van der Waals surface area contributed by atoms with E-state index in [0.717, 1.165) is 22.4 Å². The molecule has 0 radical (unpaired) electrons. The Morgan fingerprint density at radius 2 is 1.40 bits per heavy atom. The number of hydrogen-bond acceptors (Lipinski definition) is 1. The van der Waals surface area contributed by atoms with Crippen LogP contribution in [0.2, 0.25) is 0 Å². The number of alkyl halides is 3. The second-order valence-corrected chi connectivity index (χ2v) is 6.49. The molecule has 0 bridgehead atoms. The molecule has 25 heavy (non-hydrogen) atoms. The van der Waals surface area contributed by atoms with Gasteiger partial charge in [-0.2, -0.15) is 13.2 Å². The molecule has 1 amide bonds. The highest BCUT2D eigenvalue weighted by Crippen LogP contribution is 2.36. The summed E-state index contributed by atoms with van der Waals surface area (Å²) in [6, 6.07) is 19.3. The van der Waals surface area contributed by atoms with Crippen molar-refractivity contribution in [1.29, 1.82) is 0 Å². The molecule has 0 N–H and O–H groups in total. The van der Waals surface area contributed by atoms with Gasteiger partial charge in [0.1, 0.15) is 0 Å². The van der Waals surface area contributed by atoms with Crippen molar-refractivity contribution in [2.45, 2.75) is 30.9 Å². The first-order chi connectivity index (χ1) is 11.9. The molecule has 1 aliphatic heterocycles. The summed E-state index contributed by atoms with van der Waals surface area (Å²) in [5.41, 5.74) is 2.09. The number of benzene rings is 2. The first-order valence-corrected chi connectivity index (χ1v) is 8.41. The van der Waals surface area contributed by atoms with Crippen LogP contribution in [0.25, 0.3) is 0 Å². The topological polar surface area (TPSA) is 20.3 Å². The summed E-state index contributed by atoms with van der Waals surface area (Å²) in [6.07, 6.45) is -3.56. The number of carbonyl (C=O) groups is 1. The number of amides is 1. The number of rotatable bonds is 2. The molecule has 2 aromatic carbocycles. The number of likely N-dealkylation sites (tertiary alicyclic amines) is 1. The lowest BCUT2D eigenvalue weighted by Crippen LogP contribution is -2.42. The minimum absolute atomic E-state index is 0.103. The molecule has 0 saturated carbocycles. The summed E-state index contributed by atoms with van der Waals surface area (Å²) in [6.45, 7) is 0.229. The third kappa shape index (κ3) is 4.21. The van der Waals surface area contributed by atoms with Crippen LogP contribution in [-0.4, -0.2) is 30.1 Å². The van der Waals surface area contributed by atoms with Crippen LogP contribution in [-0.2, 0) is 4.79 Å². The van der Waals surface area contributed by atoms with Gasteiger partial charge in [-0.1, -0.05) is 60.7 Å². The highest BCUT2D eigenvalue weighted by atomic mass is 19.4. The molecule has 2 nitrogen and oxygen atoms in total. The van der Waals surface area contributed by atoms with E-state index in [-0.39, 0.29) is 24.9 Å². The third-order valence-corrected chi connectivity index (χ3v) is 4.83. The average Bonchev–Trinajstić information content (AvgIpc) is 2.85. The van der Waals surface area contributed by atoms with Gasteiger partial charge in [0.15, 0.2) is 0 Å². The third-order valence-electron chi connectivity index (χ3n) is 4.83. The summed E-state index contributed by atoms with van der Waals surface area (Å²) in [5.74, 6) is -1.71. The van der Waals surface area contributed by atoms with Crippen molar-refractivity contribution in [3.05, 3.63) is 71.8 Å². The van der Waals surface area contributed by atoms with Crippen molar-refractivity contribution in [2.75, 3.05) is 13.1 Å². The minimum Gasteiger partial charge on any atom is -0.334 e. The van der Waals surface area contributed by atoms with E-state index in [1.165, 1.54) is 0 Å². The predicted molar refractivity (Wildman–Crippen MR) is 90.2 cm³/mol. The van der Waals surface area contributed by atoms with Crippen molar-refractivity contribution in [3.63, 3.8) is 0 Å². The van der Waals surface area contributed by atoms with Crippen LogP contribution >= 0.6 is 0 Å². The lowest BCUT2D eigenvalue weighted by Gasteiger charge is -2.25. The van der Waals surface area contributed by atoms with Gasteiger partial charge >= 0.3 is 12.1 Å². The highest BCUT2D eigenvalue weighted by molar-refractivity contribution is 5.82. The second-order valence-electron chi connectivity index (χ2n) is 6.49. The zero-order valence-electron chi connectivity index (χ0n) is 13.7. The van der Waals surface area contributed by atoms with Gasteiger partial charge in [0.2, 0.25) is 0 Å². The molecular weight excluding hydrogens is 327 g/mol. The Morgan fingerprint density at radius 1 is 0.880 bits per heavy atom. The standard InChI is InChI=1S/C20H20F3NO/c21-20(22,23)19(25)24-12-11-17(15-7-3-1-4-8-15)13-18(14-24)16-9-5-2-6-10-16/h1-10,17-18H,11-14H2/t17-,18+/m0/s1. The van der Waals surface area contributed by atoms with Crippen molar-refractivity contribution >= 4 is 5.91 Å². The van der Waals surface area contributed by atoms with Gasteiger partial charge in [-0.15, -0.1) is 0 Å². The molecule has 2 atom stereocenters. The van der Waals surface area contributed by atoms with E-state index in [9.17, 15) is 18.0 Å². The Kier molecular flexibility index (Phi) is 5.11. The average molecular weight is 347 g/mol. The maximum Gasteiger partial charge on any atom is 0.471 e. The Morgan fingerprint density at radius 3 is 1.92 bits per heavy atom. The van der Waals surface area contributed by atoms with E-state index in [0.29, 0.717) is 6.42 Å². The van der Waals surface area contributed by atoms with Crippen molar-refractivity contribution in [1.82, 2.24) is 4.90 Å². The minimum atomic E-state index is -4.83. The van der Waals surface area contributed by atoms with Crippen LogP contribution < -0.4 is 0 Å². The molecular formula is C20H20F3NO. The fraction of sp³-hybridized carbons (Fsp3) is 0.350. The number of nitrogens with zero attached hydrogens (tertiary/aromatic N) is 1. The molecule has 1 heterocycles. The van der Waals surface area contributed by atoms with Crippen molar-refractivity contribution < 1.29 is 18.0 Å². The molecule has 0 unspecified atom stereocenters. The van der Waals surface area contributed by atoms with Gasteiger partial charge in [0, 0.05) is 19.0 Å². The maximum atomic E-state index is 12.9. The molecule has 0 aliphatic carbocycles. The quantitative estimate of drug-likeness (QED) is 0.768. The van der Waals surface area contributed by atoms with Gasteiger partial charge in [-0.25, -0.2) is 0 Å².